The molecule has 0 spiro atoms. The number of rotatable bonds is 2. The summed E-state index contributed by atoms with van der Waals surface area (Å²) in [6, 6.07) is 2.94. The average Bonchev–Trinajstić information content (AvgIpc) is 2.08. The van der Waals surface area contributed by atoms with Crippen molar-refractivity contribution in [1.29, 1.82) is 0 Å². The molecule has 0 aliphatic rings. The zero-order chi connectivity index (χ0) is 10.0. The Morgan fingerprint density at radius 1 is 1.46 bits per heavy atom. The van der Waals surface area contributed by atoms with Gasteiger partial charge in [-0.2, -0.15) is 0 Å². The van der Waals surface area contributed by atoms with Crippen LogP contribution < -0.4 is 0 Å². The molecule has 4 heteroatoms. The molecule has 1 unspecified atom stereocenters. The van der Waals surface area contributed by atoms with Crippen LogP contribution >= 0.6 is 11.6 Å². The predicted molar refractivity (Wildman–Crippen MR) is 45.6 cm³/mol. The van der Waals surface area contributed by atoms with E-state index in [9.17, 15) is 13.6 Å². The maximum absolute atomic E-state index is 13.0. The summed E-state index contributed by atoms with van der Waals surface area (Å²) in [6.45, 7) is 1.42. The first-order valence-electron chi connectivity index (χ1n) is 3.66. The lowest BCUT2D eigenvalue weighted by Crippen LogP contribution is -2.04. The van der Waals surface area contributed by atoms with Gasteiger partial charge in [0.2, 0.25) is 5.24 Å². The van der Waals surface area contributed by atoms with E-state index in [1.54, 1.807) is 0 Å². The highest BCUT2D eigenvalue weighted by atomic mass is 35.5. The van der Waals surface area contributed by atoms with Gasteiger partial charge in [-0.3, -0.25) is 4.79 Å². The minimum atomic E-state index is -0.822. The van der Waals surface area contributed by atoms with Crippen LogP contribution in [0.15, 0.2) is 18.2 Å². The SMILES string of the molecule is CC(C(=O)Cl)c1cc(F)ccc1F. The number of hydrogen-bond acceptors (Lipinski definition) is 1. The predicted octanol–water partition coefficient (Wildman–Crippen LogP) is 2.83. The molecule has 0 aliphatic heterocycles. The van der Waals surface area contributed by atoms with Gasteiger partial charge in [-0.15, -0.1) is 0 Å². The molecule has 0 bridgehead atoms. The summed E-state index contributed by atoms with van der Waals surface area (Å²) in [5.74, 6) is -2.03. The van der Waals surface area contributed by atoms with E-state index in [1.165, 1.54) is 6.92 Å². The van der Waals surface area contributed by atoms with Crippen molar-refractivity contribution in [3.8, 4) is 0 Å². The summed E-state index contributed by atoms with van der Waals surface area (Å²) in [5.41, 5.74) is -0.0139. The van der Waals surface area contributed by atoms with Crippen LogP contribution in [0.3, 0.4) is 0 Å². The molecule has 0 N–H and O–H groups in total. The van der Waals surface area contributed by atoms with Gasteiger partial charge < -0.3 is 0 Å². The van der Waals surface area contributed by atoms with Crippen molar-refractivity contribution in [3.05, 3.63) is 35.4 Å². The van der Waals surface area contributed by atoms with Gasteiger partial charge in [-0.1, -0.05) is 6.92 Å². The van der Waals surface area contributed by atoms with Crippen LogP contribution in [0.4, 0.5) is 8.78 Å². The number of benzene rings is 1. The number of carbonyl (C=O) groups is 1. The number of hydrogen-bond donors (Lipinski definition) is 0. The Kier molecular flexibility index (Phi) is 2.98. The lowest BCUT2D eigenvalue weighted by molar-refractivity contribution is -0.112. The topological polar surface area (TPSA) is 17.1 Å². The summed E-state index contributed by atoms with van der Waals surface area (Å²) < 4.78 is 25.7. The van der Waals surface area contributed by atoms with Crippen LogP contribution in [0.1, 0.15) is 18.4 Å². The maximum Gasteiger partial charge on any atom is 0.228 e. The zero-order valence-corrected chi connectivity index (χ0v) is 7.61. The monoisotopic (exact) mass is 204 g/mol. The van der Waals surface area contributed by atoms with Crippen LogP contribution in [-0.2, 0) is 4.79 Å². The van der Waals surface area contributed by atoms with Gasteiger partial charge >= 0.3 is 0 Å². The minimum absolute atomic E-state index is 0.0139. The Morgan fingerprint density at radius 3 is 2.62 bits per heavy atom. The lowest BCUT2D eigenvalue weighted by Gasteiger charge is -2.07. The number of halogens is 3. The van der Waals surface area contributed by atoms with E-state index in [-0.39, 0.29) is 5.56 Å². The molecular formula is C9H7ClF2O. The van der Waals surface area contributed by atoms with Crippen molar-refractivity contribution in [2.24, 2.45) is 0 Å². The Morgan fingerprint density at radius 2 is 2.08 bits per heavy atom. The van der Waals surface area contributed by atoms with Crippen molar-refractivity contribution >= 4 is 16.8 Å². The van der Waals surface area contributed by atoms with E-state index >= 15 is 0 Å². The van der Waals surface area contributed by atoms with Gasteiger partial charge in [0.05, 0.1) is 5.92 Å². The highest BCUT2D eigenvalue weighted by Gasteiger charge is 2.17. The Bertz CT molecular complexity index is 338. The Hall–Kier alpha value is -0.960. The molecule has 0 aromatic heterocycles. The third-order valence-corrected chi connectivity index (χ3v) is 2.09. The molecule has 0 amide bonds. The molecule has 0 aliphatic carbocycles. The standard InChI is InChI=1S/C9H7ClF2O/c1-5(9(10)13)7-4-6(11)2-3-8(7)12/h2-5H,1H3. The quantitative estimate of drug-likeness (QED) is 0.677. The normalized spacial score (nSPS) is 12.6. The van der Waals surface area contributed by atoms with E-state index in [1.807, 2.05) is 0 Å². The molecule has 1 nitrogen and oxygen atoms in total. The smallest absolute Gasteiger partial charge is 0.228 e. The third-order valence-electron chi connectivity index (χ3n) is 1.76. The summed E-state index contributed by atoms with van der Waals surface area (Å²) in [5, 5.41) is -0.704. The highest BCUT2D eigenvalue weighted by molar-refractivity contribution is 6.64. The van der Waals surface area contributed by atoms with Crippen molar-refractivity contribution in [2.45, 2.75) is 12.8 Å². The van der Waals surface area contributed by atoms with E-state index in [0.29, 0.717) is 0 Å². The van der Waals surface area contributed by atoms with Gasteiger partial charge in [0.25, 0.3) is 0 Å². The van der Waals surface area contributed by atoms with Crippen LogP contribution in [0.25, 0.3) is 0 Å². The summed E-state index contributed by atoms with van der Waals surface area (Å²) >= 11 is 5.16. The molecule has 1 atom stereocenters. The Balaban J connectivity index is 3.12. The summed E-state index contributed by atoms with van der Waals surface area (Å²) in [7, 11) is 0. The second kappa shape index (κ2) is 3.83. The first kappa shape index (κ1) is 10.1. The zero-order valence-electron chi connectivity index (χ0n) is 6.85. The first-order chi connectivity index (χ1) is 6.02. The van der Waals surface area contributed by atoms with Gasteiger partial charge in [-0.05, 0) is 29.8 Å². The molecule has 1 aromatic rings. The van der Waals surface area contributed by atoms with Crippen molar-refractivity contribution in [3.63, 3.8) is 0 Å². The van der Waals surface area contributed by atoms with Gasteiger partial charge in [-0.25, -0.2) is 8.78 Å². The van der Waals surface area contributed by atoms with Crippen LogP contribution in [-0.4, -0.2) is 5.24 Å². The molecule has 1 aromatic carbocycles. The molecule has 0 saturated heterocycles. The molecule has 1 rings (SSSR count). The minimum Gasteiger partial charge on any atom is -0.281 e. The Labute approximate surface area is 79.3 Å². The number of carbonyl (C=O) groups excluding carboxylic acids is 1. The van der Waals surface area contributed by atoms with Gasteiger partial charge in [0.1, 0.15) is 11.6 Å². The van der Waals surface area contributed by atoms with Gasteiger partial charge in [0.15, 0.2) is 0 Å². The van der Waals surface area contributed by atoms with E-state index in [2.05, 4.69) is 0 Å². The summed E-state index contributed by atoms with van der Waals surface area (Å²) in [6.07, 6.45) is 0. The highest BCUT2D eigenvalue weighted by Crippen LogP contribution is 2.21. The fourth-order valence-electron chi connectivity index (χ4n) is 0.969. The molecular weight excluding hydrogens is 198 g/mol. The average molecular weight is 205 g/mol. The maximum atomic E-state index is 13.0. The lowest BCUT2D eigenvalue weighted by atomic mass is 10.0. The third kappa shape index (κ3) is 2.25. The van der Waals surface area contributed by atoms with E-state index < -0.39 is 22.8 Å². The molecule has 0 saturated carbocycles. The first-order valence-corrected chi connectivity index (χ1v) is 4.04. The molecule has 0 heterocycles. The summed E-state index contributed by atoms with van der Waals surface area (Å²) in [4.78, 5) is 10.7. The molecule has 13 heavy (non-hydrogen) atoms. The van der Waals surface area contributed by atoms with Crippen LogP contribution in [0, 0.1) is 11.6 Å². The fourth-order valence-corrected chi connectivity index (χ4v) is 1.09. The van der Waals surface area contributed by atoms with Crippen LogP contribution in [0.2, 0.25) is 0 Å². The molecule has 0 radical (unpaired) electrons. The molecule has 0 fully saturated rings. The van der Waals surface area contributed by atoms with Crippen molar-refractivity contribution in [2.75, 3.05) is 0 Å². The largest absolute Gasteiger partial charge is 0.281 e. The van der Waals surface area contributed by atoms with Crippen molar-refractivity contribution < 1.29 is 13.6 Å². The second-order valence-corrected chi connectivity index (χ2v) is 3.06. The van der Waals surface area contributed by atoms with Crippen molar-refractivity contribution in [1.82, 2.24) is 0 Å². The second-order valence-electron chi connectivity index (χ2n) is 2.69. The van der Waals surface area contributed by atoms with Crippen LogP contribution in [0.5, 0.6) is 0 Å². The van der Waals surface area contributed by atoms with E-state index in [4.69, 9.17) is 11.6 Å². The molecule has 70 valence electrons. The van der Waals surface area contributed by atoms with Gasteiger partial charge in [0, 0.05) is 5.56 Å². The van der Waals surface area contributed by atoms with E-state index in [0.717, 1.165) is 18.2 Å². The fraction of sp³-hybridized carbons (Fsp3) is 0.222.